The van der Waals surface area contributed by atoms with Crippen molar-refractivity contribution in [2.24, 2.45) is 0 Å². The highest BCUT2D eigenvalue weighted by atomic mass is 16.4. The summed E-state index contributed by atoms with van der Waals surface area (Å²) in [5, 5.41) is 18.6. The van der Waals surface area contributed by atoms with Crippen LogP contribution in [-0.2, 0) is 6.61 Å². The van der Waals surface area contributed by atoms with E-state index in [0.29, 0.717) is 10.9 Å². The number of carboxylic acids is 1. The molecular formula is C11H9NO4. The predicted molar refractivity (Wildman–Crippen MR) is 57.5 cm³/mol. The second-order valence-electron chi connectivity index (χ2n) is 3.32. The number of benzene rings is 1. The molecule has 1 aromatic carbocycles. The number of H-pyrrole nitrogens is 1. The molecule has 0 amide bonds. The van der Waals surface area contributed by atoms with E-state index < -0.39 is 23.7 Å². The topological polar surface area (TPSA) is 90.4 Å². The minimum Gasteiger partial charge on any atom is -0.477 e. The molecule has 5 heteroatoms. The average molecular weight is 219 g/mol. The lowest BCUT2D eigenvalue weighted by atomic mass is 10.0. The number of rotatable bonds is 2. The molecule has 0 saturated heterocycles. The summed E-state index contributed by atoms with van der Waals surface area (Å²) in [6, 6.07) is 6.75. The van der Waals surface area contributed by atoms with Crippen molar-refractivity contribution in [3.8, 4) is 0 Å². The third kappa shape index (κ3) is 1.47. The highest BCUT2D eigenvalue weighted by Crippen LogP contribution is 2.17. The molecule has 5 nitrogen and oxygen atoms in total. The molecule has 0 spiro atoms. The zero-order valence-corrected chi connectivity index (χ0v) is 8.23. The van der Waals surface area contributed by atoms with Gasteiger partial charge >= 0.3 is 5.97 Å². The van der Waals surface area contributed by atoms with E-state index in [1.165, 1.54) is 0 Å². The van der Waals surface area contributed by atoms with E-state index in [-0.39, 0.29) is 5.56 Å². The summed E-state index contributed by atoms with van der Waals surface area (Å²) in [7, 11) is 0. The first-order valence-electron chi connectivity index (χ1n) is 4.63. The van der Waals surface area contributed by atoms with E-state index in [1.54, 1.807) is 24.3 Å². The lowest BCUT2D eigenvalue weighted by molar-refractivity contribution is 0.0691. The fourth-order valence-electron chi connectivity index (χ4n) is 1.70. The van der Waals surface area contributed by atoms with E-state index in [1.807, 2.05) is 0 Å². The molecule has 1 aromatic heterocycles. The molecule has 0 atom stereocenters. The van der Waals surface area contributed by atoms with Gasteiger partial charge in [0.05, 0.1) is 6.61 Å². The monoisotopic (exact) mass is 219 g/mol. The third-order valence-electron chi connectivity index (χ3n) is 2.40. The minimum absolute atomic E-state index is 0.145. The van der Waals surface area contributed by atoms with E-state index in [9.17, 15) is 14.7 Å². The molecule has 0 radical (unpaired) electrons. The van der Waals surface area contributed by atoms with Gasteiger partial charge in [0.25, 0.3) is 5.56 Å². The number of aliphatic hydroxyl groups is 1. The molecule has 0 unspecified atom stereocenters. The van der Waals surface area contributed by atoms with Gasteiger partial charge in [-0.05, 0) is 6.07 Å². The fraction of sp³-hybridized carbons (Fsp3) is 0.0909. The minimum atomic E-state index is -1.34. The molecule has 16 heavy (non-hydrogen) atoms. The number of carboxylic acid groups (broad SMARTS) is 1. The van der Waals surface area contributed by atoms with Crippen LogP contribution in [0.4, 0.5) is 0 Å². The highest BCUT2D eigenvalue weighted by molar-refractivity contribution is 5.95. The number of fused-ring (bicyclic) bond motifs is 1. The zero-order chi connectivity index (χ0) is 11.7. The van der Waals surface area contributed by atoms with Crippen molar-refractivity contribution in [1.29, 1.82) is 0 Å². The van der Waals surface area contributed by atoms with Gasteiger partial charge in [0, 0.05) is 16.5 Å². The molecule has 2 aromatic rings. The Labute approximate surface area is 90.0 Å². The van der Waals surface area contributed by atoms with Crippen LogP contribution in [0.3, 0.4) is 0 Å². The standard InChI is InChI=1S/C11H9NO4/c13-5-7-6-3-1-2-4-8(6)12-10(14)9(7)11(15)16/h1-4,13H,5H2,(H,12,14)(H,15,16). The zero-order valence-electron chi connectivity index (χ0n) is 8.23. The number of carbonyl (C=O) groups is 1. The van der Waals surface area contributed by atoms with Gasteiger partial charge in [-0.25, -0.2) is 4.79 Å². The number of nitrogens with one attached hydrogen (secondary N) is 1. The molecule has 82 valence electrons. The van der Waals surface area contributed by atoms with Crippen molar-refractivity contribution in [1.82, 2.24) is 4.98 Å². The van der Waals surface area contributed by atoms with Gasteiger partial charge < -0.3 is 15.2 Å². The molecule has 0 aliphatic heterocycles. The molecule has 0 fully saturated rings. The molecule has 0 bridgehead atoms. The second kappa shape index (κ2) is 3.79. The van der Waals surface area contributed by atoms with Crippen molar-refractivity contribution >= 4 is 16.9 Å². The Hall–Kier alpha value is -2.14. The Morgan fingerprint density at radius 3 is 2.62 bits per heavy atom. The van der Waals surface area contributed by atoms with Gasteiger partial charge in [-0.15, -0.1) is 0 Å². The van der Waals surface area contributed by atoms with Crippen molar-refractivity contribution in [3.63, 3.8) is 0 Å². The maximum atomic E-state index is 11.5. The van der Waals surface area contributed by atoms with Crippen LogP contribution in [0.15, 0.2) is 29.1 Å². The van der Waals surface area contributed by atoms with Crippen LogP contribution in [0.25, 0.3) is 10.9 Å². The number of aromatic amines is 1. The molecule has 3 N–H and O–H groups in total. The first kappa shape index (κ1) is 10.4. The van der Waals surface area contributed by atoms with E-state index in [0.717, 1.165) is 0 Å². The predicted octanol–water partition coefficient (Wildman–Crippen LogP) is 0.719. The van der Waals surface area contributed by atoms with Gasteiger partial charge in [-0.3, -0.25) is 4.79 Å². The number of hydrogen-bond acceptors (Lipinski definition) is 3. The molecule has 2 rings (SSSR count). The summed E-state index contributed by atoms with van der Waals surface area (Å²) >= 11 is 0. The highest BCUT2D eigenvalue weighted by Gasteiger charge is 2.17. The molecule has 0 aliphatic carbocycles. The van der Waals surface area contributed by atoms with Gasteiger partial charge in [0.15, 0.2) is 0 Å². The largest absolute Gasteiger partial charge is 0.477 e. The normalized spacial score (nSPS) is 10.6. The number of hydrogen-bond donors (Lipinski definition) is 3. The summed E-state index contributed by atoms with van der Waals surface area (Å²) in [5.74, 6) is -1.34. The Balaban J connectivity index is 2.96. The van der Waals surface area contributed by atoms with Crippen LogP contribution in [0.5, 0.6) is 0 Å². The van der Waals surface area contributed by atoms with Crippen LogP contribution >= 0.6 is 0 Å². The summed E-state index contributed by atoms with van der Waals surface area (Å²) < 4.78 is 0. The number of aromatic carboxylic acids is 1. The maximum Gasteiger partial charge on any atom is 0.341 e. The van der Waals surface area contributed by atoms with E-state index in [4.69, 9.17) is 5.11 Å². The van der Waals surface area contributed by atoms with Gasteiger partial charge in [0.1, 0.15) is 5.56 Å². The lowest BCUT2D eigenvalue weighted by Crippen LogP contribution is -2.20. The average Bonchev–Trinajstić information content (AvgIpc) is 2.26. The third-order valence-corrected chi connectivity index (χ3v) is 2.40. The second-order valence-corrected chi connectivity index (χ2v) is 3.32. The smallest absolute Gasteiger partial charge is 0.341 e. The summed E-state index contributed by atoms with van der Waals surface area (Å²) in [6.45, 7) is -0.480. The number of aliphatic hydroxyl groups excluding tert-OH is 1. The molecule has 0 aliphatic rings. The molecular weight excluding hydrogens is 210 g/mol. The summed E-state index contributed by atoms with van der Waals surface area (Å²) in [6.07, 6.45) is 0. The summed E-state index contributed by atoms with van der Waals surface area (Å²) in [5.41, 5.74) is -0.440. The summed E-state index contributed by atoms with van der Waals surface area (Å²) in [4.78, 5) is 24.9. The Morgan fingerprint density at radius 1 is 1.31 bits per heavy atom. The van der Waals surface area contributed by atoms with Crippen LogP contribution < -0.4 is 5.56 Å². The Kier molecular flexibility index (Phi) is 2.46. The lowest BCUT2D eigenvalue weighted by Gasteiger charge is -2.06. The van der Waals surface area contributed by atoms with Crippen molar-refractivity contribution in [3.05, 3.63) is 45.7 Å². The van der Waals surface area contributed by atoms with Gasteiger partial charge in [-0.2, -0.15) is 0 Å². The Morgan fingerprint density at radius 2 is 2.00 bits per heavy atom. The van der Waals surface area contributed by atoms with Gasteiger partial charge in [0.2, 0.25) is 0 Å². The molecule has 0 saturated carbocycles. The number of para-hydroxylation sites is 1. The van der Waals surface area contributed by atoms with Crippen LogP contribution in [0.1, 0.15) is 15.9 Å². The van der Waals surface area contributed by atoms with Crippen molar-refractivity contribution in [2.45, 2.75) is 6.61 Å². The number of aromatic nitrogens is 1. The van der Waals surface area contributed by atoms with Gasteiger partial charge in [-0.1, -0.05) is 18.2 Å². The first-order chi connectivity index (χ1) is 7.65. The maximum absolute atomic E-state index is 11.5. The fourth-order valence-corrected chi connectivity index (χ4v) is 1.70. The van der Waals surface area contributed by atoms with Crippen LogP contribution in [0, 0.1) is 0 Å². The quantitative estimate of drug-likeness (QED) is 0.694. The molecule has 1 heterocycles. The van der Waals surface area contributed by atoms with Crippen molar-refractivity contribution < 1.29 is 15.0 Å². The van der Waals surface area contributed by atoms with E-state index >= 15 is 0 Å². The first-order valence-corrected chi connectivity index (χ1v) is 4.63. The number of pyridine rings is 1. The SMILES string of the molecule is O=C(O)c1c(CO)c2ccccc2[nH]c1=O. The van der Waals surface area contributed by atoms with E-state index in [2.05, 4.69) is 4.98 Å². The van der Waals surface area contributed by atoms with Crippen molar-refractivity contribution in [2.75, 3.05) is 0 Å². The Bertz CT molecular complexity index is 615. The van der Waals surface area contributed by atoms with Crippen LogP contribution in [-0.4, -0.2) is 21.2 Å². The van der Waals surface area contributed by atoms with Crippen LogP contribution in [0.2, 0.25) is 0 Å².